The number of benzene rings is 2. The van der Waals surface area contributed by atoms with Crippen molar-refractivity contribution in [3.05, 3.63) is 53.6 Å². The summed E-state index contributed by atoms with van der Waals surface area (Å²) in [5.74, 6) is 0.871. The summed E-state index contributed by atoms with van der Waals surface area (Å²) in [4.78, 5) is 0.0223. The maximum atomic E-state index is 12.5. The van der Waals surface area contributed by atoms with Crippen molar-refractivity contribution in [1.29, 1.82) is 5.26 Å². The second kappa shape index (κ2) is 5.91. The van der Waals surface area contributed by atoms with Gasteiger partial charge in [0.05, 0.1) is 11.0 Å². The van der Waals surface area contributed by atoms with Gasteiger partial charge in [-0.05, 0) is 24.6 Å². The number of hydrogen-bond acceptors (Lipinski definition) is 5. The number of rotatable bonds is 4. The number of aryl methyl sites for hydroxylation is 1. The van der Waals surface area contributed by atoms with Crippen molar-refractivity contribution in [3.63, 3.8) is 0 Å². The molecule has 0 saturated carbocycles. The molecule has 0 fully saturated rings. The molecule has 7 heteroatoms. The highest BCUT2D eigenvalue weighted by Crippen LogP contribution is 2.34. The molecule has 1 N–H and O–H groups in total. The van der Waals surface area contributed by atoms with Crippen molar-refractivity contribution >= 4 is 10.0 Å². The van der Waals surface area contributed by atoms with Crippen LogP contribution < -0.4 is 14.2 Å². The van der Waals surface area contributed by atoms with E-state index in [9.17, 15) is 13.7 Å². The van der Waals surface area contributed by atoms with E-state index in [1.165, 1.54) is 18.2 Å². The lowest BCUT2D eigenvalue weighted by atomic mass is 10.1. The number of ether oxygens (including phenoxy) is 2. The van der Waals surface area contributed by atoms with E-state index in [-0.39, 0.29) is 11.7 Å². The minimum Gasteiger partial charge on any atom is -0.454 e. The van der Waals surface area contributed by atoms with Gasteiger partial charge in [-0.3, -0.25) is 0 Å². The van der Waals surface area contributed by atoms with E-state index in [0.29, 0.717) is 17.1 Å². The Morgan fingerprint density at radius 3 is 2.52 bits per heavy atom. The summed E-state index contributed by atoms with van der Waals surface area (Å²) in [6.45, 7) is 1.98. The number of fused-ring (bicyclic) bond motifs is 1. The van der Waals surface area contributed by atoms with Crippen LogP contribution in [0.3, 0.4) is 0 Å². The van der Waals surface area contributed by atoms with Crippen LogP contribution in [-0.4, -0.2) is 15.2 Å². The molecule has 2 aromatic carbocycles. The first-order chi connectivity index (χ1) is 11.0. The fraction of sp³-hybridized carbons (Fsp3) is 0.188. The summed E-state index contributed by atoms with van der Waals surface area (Å²) < 4.78 is 37.7. The molecule has 0 spiro atoms. The van der Waals surface area contributed by atoms with Crippen molar-refractivity contribution in [2.24, 2.45) is 0 Å². The highest BCUT2D eigenvalue weighted by Gasteiger charge is 2.24. The van der Waals surface area contributed by atoms with Crippen molar-refractivity contribution in [3.8, 4) is 17.6 Å². The third-order valence-electron chi connectivity index (χ3n) is 3.47. The number of nitriles is 1. The normalized spacial score (nSPS) is 14.3. The third-order valence-corrected chi connectivity index (χ3v) is 4.89. The molecule has 6 nitrogen and oxygen atoms in total. The zero-order valence-electron chi connectivity index (χ0n) is 12.3. The van der Waals surface area contributed by atoms with Crippen LogP contribution in [-0.2, 0) is 10.0 Å². The van der Waals surface area contributed by atoms with Gasteiger partial charge < -0.3 is 9.47 Å². The Bertz CT molecular complexity index is 870. The van der Waals surface area contributed by atoms with Gasteiger partial charge in [-0.25, -0.2) is 8.42 Å². The molecule has 0 amide bonds. The van der Waals surface area contributed by atoms with E-state index < -0.39 is 16.1 Å². The largest absolute Gasteiger partial charge is 0.454 e. The second-order valence-corrected chi connectivity index (χ2v) is 6.82. The smallest absolute Gasteiger partial charge is 0.242 e. The van der Waals surface area contributed by atoms with Crippen LogP contribution in [0.5, 0.6) is 11.5 Å². The van der Waals surface area contributed by atoms with Gasteiger partial charge in [0.25, 0.3) is 0 Å². The van der Waals surface area contributed by atoms with E-state index in [2.05, 4.69) is 4.72 Å². The topological polar surface area (TPSA) is 88.4 Å². The Balaban J connectivity index is 1.87. The molecule has 23 heavy (non-hydrogen) atoms. The maximum absolute atomic E-state index is 12.5. The molecule has 0 aromatic heterocycles. The molecule has 0 bridgehead atoms. The molecule has 3 rings (SSSR count). The Morgan fingerprint density at radius 2 is 1.83 bits per heavy atom. The summed E-state index contributed by atoms with van der Waals surface area (Å²) in [7, 11) is -3.86. The average Bonchev–Trinajstić information content (AvgIpc) is 3.01. The SMILES string of the molecule is Cc1ccc(C(C#N)NS(=O)(=O)c2ccc3c(c2)OCO3)cc1. The molecule has 1 atom stereocenters. The molecule has 0 saturated heterocycles. The molecule has 0 aliphatic carbocycles. The Kier molecular flexibility index (Phi) is 3.94. The molecule has 1 unspecified atom stereocenters. The number of nitrogens with one attached hydrogen (secondary N) is 1. The first-order valence-corrected chi connectivity index (χ1v) is 8.36. The highest BCUT2D eigenvalue weighted by molar-refractivity contribution is 7.89. The monoisotopic (exact) mass is 330 g/mol. The lowest BCUT2D eigenvalue weighted by Gasteiger charge is -2.13. The van der Waals surface area contributed by atoms with Gasteiger partial charge in [0.2, 0.25) is 16.8 Å². The van der Waals surface area contributed by atoms with Crippen molar-refractivity contribution in [2.75, 3.05) is 6.79 Å². The van der Waals surface area contributed by atoms with Crippen molar-refractivity contribution < 1.29 is 17.9 Å². The Morgan fingerprint density at radius 1 is 1.13 bits per heavy atom. The molecule has 1 aliphatic heterocycles. The van der Waals surface area contributed by atoms with Gasteiger partial charge in [0, 0.05) is 6.07 Å². The van der Waals surface area contributed by atoms with Gasteiger partial charge in [0.15, 0.2) is 11.5 Å². The quantitative estimate of drug-likeness (QED) is 0.929. The number of hydrogen-bond donors (Lipinski definition) is 1. The van der Waals surface area contributed by atoms with Crippen LogP contribution in [0.4, 0.5) is 0 Å². The summed E-state index contributed by atoms with van der Waals surface area (Å²) in [5, 5.41) is 9.29. The third kappa shape index (κ3) is 3.13. The van der Waals surface area contributed by atoms with E-state index >= 15 is 0 Å². The van der Waals surface area contributed by atoms with E-state index in [1.54, 1.807) is 12.1 Å². The van der Waals surface area contributed by atoms with Crippen LogP contribution >= 0.6 is 0 Å². The number of sulfonamides is 1. The lowest BCUT2D eigenvalue weighted by Crippen LogP contribution is -2.27. The summed E-state index contributed by atoms with van der Waals surface area (Å²) >= 11 is 0. The standard InChI is InChI=1S/C16H14N2O4S/c1-11-2-4-12(5-3-11)14(9-17)18-23(19,20)13-6-7-15-16(8-13)22-10-21-15/h2-8,14,18H,10H2,1H3. The molecule has 118 valence electrons. The van der Waals surface area contributed by atoms with Gasteiger partial charge in [-0.2, -0.15) is 9.98 Å². The first-order valence-electron chi connectivity index (χ1n) is 6.88. The molecule has 1 heterocycles. The van der Waals surface area contributed by atoms with Crippen molar-refractivity contribution in [2.45, 2.75) is 17.9 Å². The summed E-state index contributed by atoms with van der Waals surface area (Å²) in [6.07, 6.45) is 0. The van der Waals surface area contributed by atoms with Gasteiger partial charge in [-0.15, -0.1) is 0 Å². The zero-order valence-corrected chi connectivity index (χ0v) is 13.1. The lowest BCUT2D eigenvalue weighted by molar-refractivity contribution is 0.174. The van der Waals surface area contributed by atoms with E-state index in [0.717, 1.165) is 5.56 Å². The summed E-state index contributed by atoms with van der Waals surface area (Å²) in [6, 6.07) is 12.4. The van der Waals surface area contributed by atoms with Crippen LogP contribution in [0.1, 0.15) is 17.2 Å². The van der Waals surface area contributed by atoms with Crippen LogP contribution in [0.2, 0.25) is 0 Å². The number of nitrogens with zero attached hydrogens (tertiary/aromatic N) is 1. The van der Waals surface area contributed by atoms with Crippen molar-refractivity contribution in [1.82, 2.24) is 4.72 Å². The Labute approximate surface area is 134 Å². The minimum atomic E-state index is -3.86. The fourth-order valence-corrected chi connectivity index (χ4v) is 3.34. The highest BCUT2D eigenvalue weighted by atomic mass is 32.2. The Hall–Kier alpha value is -2.56. The predicted molar refractivity (Wildman–Crippen MR) is 82.4 cm³/mol. The minimum absolute atomic E-state index is 0.0223. The van der Waals surface area contributed by atoms with E-state index in [4.69, 9.17) is 9.47 Å². The van der Waals surface area contributed by atoms with Crippen LogP contribution in [0.25, 0.3) is 0 Å². The molecule has 1 aliphatic rings. The second-order valence-electron chi connectivity index (χ2n) is 5.11. The molecule has 2 aromatic rings. The fourth-order valence-electron chi connectivity index (χ4n) is 2.20. The summed E-state index contributed by atoms with van der Waals surface area (Å²) in [5.41, 5.74) is 1.62. The van der Waals surface area contributed by atoms with Gasteiger partial charge >= 0.3 is 0 Å². The molecular formula is C16H14N2O4S. The zero-order chi connectivity index (χ0) is 16.4. The maximum Gasteiger partial charge on any atom is 0.242 e. The van der Waals surface area contributed by atoms with Gasteiger partial charge in [-0.1, -0.05) is 29.8 Å². The van der Waals surface area contributed by atoms with Crippen LogP contribution in [0.15, 0.2) is 47.4 Å². The molecular weight excluding hydrogens is 316 g/mol. The average molecular weight is 330 g/mol. The first kappa shape index (κ1) is 15.3. The van der Waals surface area contributed by atoms with Gasteiger partial charge in [0.1, 0.15) is 6.04 Å². The van der Waals surface area contributed by atoms with Crippen LogP contribution in [0, 0.1) is 18.3 Å². The van der Waals surface area contributed by atoms with E-state index in [1.807, 2.05) is 25.1 Å². The predicted octanol–water partition coefficient (Wildman–Crippen LogP) is 2.27. The molecule has 0 radical (unpaired) electrons.